The molecule has 4 aromatic rings. The number of nitrogens with one attached hydrogen (secondary N) is 1. The fraction of sp³-hybridized carbons (Fsp3) is 0.0435. The van der Waals surface area contributed by atoms with Gasteiger partial charge in [0.25, 0.3) is 5.91 Å². The lowest BCUT2D eigenvalue weighted by molar-refractivity contribution is 0.0955. The predicted molar refractivity (Wildman–Crippen MR) is 110 cm³/mol. The zero-order valence-electron chi connectivity index (χ0n) is 15.3. The lowest BCUT2D eigenvalue weighted by Crippen LogP contribution is -2.17. The Morgan fingerprint density at radius 3 is 2.39 bits per heavy atom. The number of aromatic nitrogens is 1. The Morgan fingerprint density at radius 2 is 1.64 bits per heavy atom. The minimum atomic E-state index is -0.391. The fourth-order valence-electron chi connectivity index (χ4n) is 3.32. The minimum Gasteiger partial charge on any atom is -0.343 e. The van der Waals surface area contributed by atoms with Gasteiger partial charge in [-0.15, -0.1) is 0 Å². The van der Waals surface area contributed by atoms with Crippen molar-refractivity contribution in [3.8, 4) is 11.3 Å². The third kappa shape index (κ3) is 3.30. The predicted octanol–water partition coefficient (Wildman–Crippen LogP) is 4.75. The molecule has 0 bridgehead atoms. The van der Waals surface area contributed by atoms with Gasteiger partial charge in [-0.2, -0.15) is 5.10 Å². The van der Waals surface area contributed by atoms with Gasteiger partial charge < -0.3 is 4.57 Å². The van der Waals surface area contributed by atoms with Crippen LogP contribution in [0.25, 0.3) is 22.2 Å². The second-order valence-electron chi connectivity index (χ2n) is 6.41. The molecule has 1 aromatic heterocycles. The highest BCUT2D eigenvalue weighted by Gasteiger charge is 2.15. The molecule has 1 heterocycles. The zero-order chi connectivity index (χ0) is 19.5. The third-order valence-electron chi connectivity index (χ3n) is 4.66. The number of hydrogen-bond donors (Lipinski definition) is 1. The number of benzene rings is 3. The molecule has 0 spiro atoms. The maximum atomic E-state index is 13.0. The van der Waals surface area contributed by atoms with Crippen LogP contribution in [0.1, 0.15) is 15.9 Å². The number of para-hydroxylation sites is 1. The lowest BCUT2D eigenvalue weighted by Gasteiger charge is -2.06. The van der Waals surface area contributed by atoms with Gasteiger partial charge in [0.15, 0.2) is 0 Å². The highest BCUT2D eigenvalue weighted by atomic mass is 19.1. The third-order valence-corrected chi connectivity index (χ3v) is 4.66. The Hall–Kier alpha value is -3.73. The van der Waals surface area contributed by atoms with Crippen molar-refractivity contribution in [2.24, 2.45) is 12.1 Å². The smallest absolute Gasteiger partial charge is 0.271 e. The molecule has 0 saturated heterocycles. The first-order valence-electron chi connectivity index (χ1n) is 8.87. The van der Waals surface area contributed by atoms with Crippen molar-refractivity contribution in [1.29, 1.82) is 0 Å². The van der Waals surface area contributed by atoms with Crippen LogP contribution < -0.4 is 5.43 Å². The van der Waals surface area contributed by atoms with Crippen molar-refractivity contribution in [3.63, 3.8) is 0 Å². The molecule has 4 nitrogen and oxygen atoms in total. The van der Waals surface area contributed by atoms with E-state index in [-0.39, 0.29) is 5.82 Å². The largest absolute Gasteiger partial charge is 0.343 e. The molecule has 0 aliphatic heterocycles. The molecule has 0 unspecified atom stereocenters. The van der Waals surface area contributed by atoms with Gasteiger partial charge in [0, 0.05) is 29.1 Å². The van der Waals surface area contributed by atoms with E-state index in [2.05, 4.69) is 21.2 Å². The van der Waals surface area contributed by atoms with Crippen LogP contribution in [0.3, 0.4) is 0 Å². The van der Waals surface area contributed by atoms with E-state index >= 15 is 0 Å². The summed E-state index contributed by atoms with van der Waals surface area (Å²) in [6, 6.07) is 23.4. The number of fused-ring (bicyclic) bond motifs is 1. The molecule has 1 amide bonds. The standard InChI is InChI=1S/C23H18FN3O/c1-27-21-10-6-5-9-19(21)20(22(27)16-7-3-2-4-8-16)15-25-26-23(28)17-11-13-18(24)14-12-17/h2-15H,1H3,(H,26,28)/b25-15+. The van der Waals surface area contributed by atoms with E-state index < -0.39 is 5.91 Å². The second-order valence-corrected chi connectivity index (χ2v) is 6.41. The van der Waals surface area contributed by atoms with E-state index in [0.717, 1.165) is 27.7 Å². The summed E-state index contributed by atoms with van der Waals surface area (Å²) in [5, 5.41) is 5.20. The summed E-state index contributed by atoms with van der Waals surface area (Å²) in [6.07, 6.45) is 1.66. The van der Waals surface area contributed by atoms with Crippen LogP contribution >= 0.6 is 0 Å². The first kappa shape index (κ1) is 17.7. The van der Waals surface area contributed by atoms with Crippen LogP contribution in [0.5, 0.6) is 0 Å². The van der Waals surface area contributed by atoms with Crippen LogP contribution in [0, 0.1) is 5.82 Å². The number of nitrogens with zero attached hydrogens (tertiary/aromatic N) is 2. The van der Waals surface area contributed by atoms with Crippen molar-refractivity contribution in [1.82, 2.24) is 9.99 Å². The number of aryl methyl sites for hydroxylation is 1. The molecule has 0 aliphatic rings. The van der Waals surface area contributed by atoms with Gasteiger partial charge in [-0.05, 0) is 35.9 Å². The van der Waals surface area contributed by atoms with Crippen LogP contribution in [-0.4, -0.2) is 16.7 Å². The summed E-state index contributed by atoms with van der Waals surface area (Å²) in [7, 11) is 2.01. The van der Waals surface area contributed by atoms with Gasteiger partial charge in [0.1, 0.15) is 5.82 Å². The van der Waals surface area contributed by atoms with E-state index in [0.29, 0.717) is 5.56 Å². The fourth-order valence-corrected chi connectivity index (χ4v) is 3.32. The normalized spacial score (nSPS) is 11.2. The number of carbonyl (C=O) groups is 1. The van der Waals surface area contributed by atoms with Gasteiger partial charge in [0.2, 0.25) is 0 Å². The average Bonchev–Trinajstić information content (AvgIpc) is 3.01. The van der Waals surface area contributed by atoms with E-state index in [9.17, 15) is 9.18 Å². The van der Waals surface area contributed by atoms with Crippen LogP contribution in [0.15, 0.2) is 84.0 Å². The van der Waals surface area contributed by atoms with Crippen molar-refractivity contribution in [3.05, 3.63) is 95.8 Å². The van der Waals surface area contributed by atoms with Crippen LogP contribution in [0.2, 0.25) is 0 Å². The number of amides is 1. The SMILES string of the molecule is Cn1c(-c2ccccc2)c(/C=N/NC(=O)c2ccc(F)cc2)c2ccccc21. The topological polar surface area (TPSA) is 46.4 Å². The molecule has 138 valence electrons. The Bertz CT molecular complexity index is 1160. The van der Waals surface area contributed by atoms with Gasteiger partial charge in [-0.1, -0.05) is 48.5 Å². The highest BCUT2D eigenvalue weighted by Crippen LogP contribution is 2.31. The second kappa shape index (κ2) is 7.48. The average molecular weight is 371 g/mol. The molecule has 1 N–H and O–H groups in total. The van der Waals surface area contributed by atoms with Crippen molar-refractivity contribution in [2.75, 3.05) is 0 Å². The summed E-state index contributed by atoms with van der Waals surface area (Å²) in [6.45, 7) is 0. The minimum absolute atomic E-state index is 0.347. The molecular weight excluding hydrogens is 353 g/mol. The van der Waals surface area contributed by atoms with Crippen LogP contribution in [0.4, 0.5) is 4.39 Å². The van der Waals surface area contributed by atoms with Gasteiger partial charge in [-0.3, -0.25) is 4.79 Å². The van der Waals surface area contributed by atoms with Crippen LogP contribution in [-0.2, 0) is 7.05 Å². The summed E-state index contributed by atoms with van der Waals surface area (Å²) in [5.74, 6) is -0.777. The molecule has 28 heavy (non-hydrogen) atoms. The number of halogens is 1. The molecule has 5 heteroatoms. The summed E-state index contributed by atoms with van der Waals surface area (Å²) in [5.41, 5.74) is 6.94. The molecular formula is C23H18FN3O. The lowest BCUT2D eigenvalue weighted by atomic mass is 10.1. The summed E-state index contributed by atoms with van der Waals surface area (Å²) in [4.78, 5) is 12.2. The van der Waals surface area contributed by atoms with E-state index in [1.165, 1.54) is 24.3 Å². The summed E-state index contributed by atoms with van der Waals surface area (Å²) < 4.78 is 15.1. The quantitative estimate of drug-likeness (QED) is 0.408. The maximum Gasteiger partial charge on any atom is 0.271 e. The Morgan fingerprint density at radius 1 is 0.964 bits per heavy atom. The van der Waals surface area contributed by atoms with Crippen molar-refractivity contribution < 1.29 is 9.18 Å². The molecule has 4 rings (SSSR count). The highest BCUT2D eigenvalue weighted by molar-refractivity contribution is 6.07. The van der Waals surface area contributed by atoms with E-state index in [1.54, 1.807) is 6.21 Å². The number of carbonyl (C=O) groups excluding carboxylic acids is 1. The van der Waals surface area contributed by atoms with Gasteiger partial charge in [0.05, 0.1) is 11.9 Å². The van der Waals surface area contributed by atoms with Crippen molar-refractivity contribution in [2.45, 2.75) is 0 Å². The molecule has 0 radical (unpaired) electrons. The molecule has 3 aromatic carbocycles. The molecule has 0 fully saturated rings. The first-order valence-corrected chi connectivity index (χ1v) is 8.87. The Kier molecular flexibility index (Phi) is 4.72. The number of hydrazone groups is 1. The molecule has 0 aliphatic carbocycles. The molecule has 0 atom stereocenters. The van der Waals surface area contributed by atoms with Gasteiger partial charge in [-0.25, -0.2) is 9.82 Å². The Labute approximate surface area is 161 Å². The maximum absolute atomic E-state index is 13.0. The van der Waals surface area contributed by atoms with E-state index in [1.807, 2.05) is 55.6 Å². The number of hydrogen-bond acceptors (Lipinski definition) is 2. The first-order chi connectivity index (χ1) is 13.6. The monoisotopic (exact) mass is 371 g/mol. The zero-order valence-corrected chi connectivity index (χ0v) is 15.3. The molecule has 0 saturated carbocycles. The van der Waals surface area contributed by atoms with E-state index in [4.69, 9.17) is 0 Å². The van der Waals surface area contributed by atoms with Crippen molar-refractivity contribution >= 4 is 23.0 Å². The van der Waals surface area contributed by atoms with Gasteiger partial charge >= 0.3 is 0 Å². The Balaban J connectivity index is 1.71. The number of rotatable bonds is 4. The summed E-state index contributed by atoms with van der Waals surface area (Å²) >= 11 is 0.